The fraction of sp³-hybridized carbons (Fsp3) is 0.350. The van der Waals surface area contributed by atoms with Gasteiger partial charge in [0.1, 0.15) is 5.75 Å². The van der Waals surface area contributed by atoms with Gasteiger partial charge in [-0.15, -0.1) is 0 Å². The van der Waals surface area contributed by atoms with Gasteiger partial charge >= 0.3 is 0 Å². The van der Waals surface area contributed by atoms with Crippen molar-refractivity contribution in [3.8, 4) is 5.75 Å². The molecule has 2 rings (SSSR count). The number of aryl methyl sites for hydroxylation is 1. The van der Waals surface area contributed by atoms with Crippen molar-refractivity contribution in [1.29, 1.82) is 0 Å². The van der Waals surface area contributed by atoms with Crippen molar-refractivity contribution in [2.45, 2.75) is 32.9 Å². The summed E-state index contributed by atoms with van der Waals surface area (Å²) in [6.07, 6.45) is 0.833. The topological polar surface area (TPSA) is 70.6 Å². The predicted octanol–water partition coefficient (Wildman–Crippen LogP) is 3.64. The second kappa shape index (κ2) is 10.3. The highest BCUT2D eigenvalue weighted by molar-refractivity contribution is 9.10. The van der Waals surface area contributed by atoms with Crippen molar-refractivity contribution < 1.29 is 14.6 Å². The minimum atomic E-state index is -0.211. The van der Waals surface area contributed by atoms with Gasteiger partial charge in [-0.3, -0.25) is 4.79 Å². The third-order valence-electron chi connectivity index (χ3n) is 4.01. The van der Waals surface area contributed by atoms with Gasteiger partial charge in [0.25, 0.3) is 5.91 Å². The van der Waals surface area contributed by atoms with Crippen molar-refractivity contribution in [1.82, 2.24) is 5.32 Å². The second-order valence-corrected chi connectivity index (χ2v) is 7.04. The van der Waals surface area contributed by atoms with E-state index in [0.29, 0.717) is 12.3 Å². The molecule has 0 spiro atoms. The molecular formula is C20H25BrN2O3. The van der Waals surface area contributed by atoms with Crippen LogP contribution < -0.4 is 15.4 Å². The monoisotopic (exact) mass is 420 g/mol. The molecule has 26 heavy (non-hydrogen) atoms. The van der Waals surface area contributed by atoms with Gasteiger partial charge in [0.2, 0.25) is 0 Å². The summed E-state index contributed by atoms with van der Waals surface area (Å²) < 4.78 is 6.65. The number of carbonyl (C=O) groups excluding carboxylic acids is 1. The molecule has 2 aromatic rings. The molecule has 140 valence electrons. The number of aliphatic hydroxyl groups is 1. The maximum Gasteiger partial charge on any atom is 0.262 e. The number of hydrogen-bond acceptors (Lipinski definition) is 4. The molecular weight excluding hydrogens is 396 g/mol. The highest BCUT2D eigenvalue weighted by Crippen LogP contribution is 2.23. The summed E-state index contributed by atoms with van der Waals surface area (Å²) in [7, 11) is 0. The van der Waals surface area contributed by atoms with E-state index >= 15 is 0 Å². The Balaban J connectivity index is 1.95. The van der Waals surface area contributed by atoms with Crippen molar-refractivity contribution in [3.63, 3.8) is 0 Å². The lowest BCUT2D eigenvalue weighted by Gasteiger charge is -2.17. The number of ether oxygens (including phenoxy) is 1. The molecule has 0 aliphatic heterocycles. The minimum Gasteiger partial charge on any atom is -0.483 e. The molecule has 0 aliphatic carbocycles. The van der Waals surface area contributed by atoms with E-state index in [0.717, 1.165) is 27.7 Å². The fourth-order valence-corrected chi connectivity index (χ4v) is 2.81. The molecule has 0 radical (unpaired) electrons. The summed E-state index contributed by atoms with van der Waals surface area (Å²) in [4.78, 5) is 12.1. The third-order valence-corrected chi connectivity index (χ3v) is 4.50. The molecule has 1 amide bonds. The smallest absolute Gasteiger partial charge is 0.262 e. The maximum atomic E-state index is 12.1. The Morgan fingerprint density at radius 1 is 1.23 bits per heavy atom. The zero-order valence-electron chi connectivity index (χ0n) is 15.1. The van der Waals surface area contributed by atoms with Crippen LogP contribution in [0.5, 0.6) is 5.75 Å². The van der Waals surface area contributed by atoms with Gasteiger partial charge in [-0.2, -0.15) is 0 Å². The van der Waals surface area contributed by atoms with E-state index in [9.17, 15) is 9.90 Å². The highest BCUT2D eigenvalue weighted by atomic mass is 79.9. The number of anilines is 1. The molecule has 0 bridgehead atoms. The summed E-state index contributed by atoms with van der Waals surface area (Å²) in [5.74, 6) is 0.435. The number of halogens is 1. The van der Waals surface area contributed by atoms with Gasteiger partial charge in [-0.1, -0.05) is 40.5 Å². The quantitative estimate of drug-likeness (QED) is 0.578. The van der Waals surface area contributed by atoms with Crippen LogP contribution in [-0.4, -0.2) is 30.3 Å². The second-order valence-electron chi connectivity index (χ2n) is 6.12. The predicted molar refractivity (Wildman–Crippen MR) is 107 cm³/mol. The van der Waals surface area contributed by atoms with Gasteiger partial charge in [0.15, 0.2) is 6.61 Å². The zero-order chi connectivity index (χ0) is 18.9. The van der Waals surface area contributed by atoms with E-state index in [4.69, 9.17) is 4.74 Å². The van der Waals surface area contributed by atoms with Crippen LogP contribution in [0.4, 0.5) is 5.69 Å². The molecule has 5 nitrogen and oxygen atoms in total. The van der Waals surface area contributed by atoms with E-state index in [1.54, 1.807) is 0 Å². The van der Waals surface area contributed by atoms with Crippen molar-refractivity contribution in [2.24, 2.45) is 0 Å². The van der Waals surface area contributed by atoms with Crippen molar-refractivity contribution in [3.05, 3.63) is 58.1 Å². The first-order valence-corrected chi connectivity index (χ1v) is 9.43. The molecule has 0 saturated heterocycles. The number of aliphatic hydroxyl groups excluding tert-OH is 1. The molecule has 0 heterocycles. The van der Waals surface area contributed by atoms with Gasteiger partial charge in [0, 0.05) is 28.3 Å². The van der Waals surface area contributed by atoms with Crippen molar-refractivity contribution >= 4 is 27.5 Å². The standard InChI is InChI=1S/C20H25BrN2O3/c1-3-17(12-24)22-11-15-10-16(21)6-9-19(15)26-13-20(25)23-18-7-4-14(2)5-8-18/h4-10,17,22,24H,3,11-13H2,1-2H3,(H,23,25). The number of nitrogens with one attached hydrogen (secondary N) is 2. The Bertz CT molecular complexity index is 715. The summed E-state index contributed by atoms with van der Waals surface area (Å²) in [5, 5.41) is 15.4. The highest BCUT2D eigenvalue weighted by Gasteiger charge is 2.10. The number of rotatable bonds is 9. The number of hydrogen-bond donors (Lipinski definition) is 3. The average molecular weight is 421 g/mol. The van der Waals surface area contributed by atoms with Gasteiger partial charge < -0.3 is 20.5 Å². The first-order chi connectivity index (χ1) is 12.5. The third kappa shape index (κ3) is 6.44. The summed E-state index contributed by atoms with van der Waals surface area (Å²) in [6.45, 7) is 4.58. The Morgan fingerprint density at radius 2 is 1.96 bits per heavy atom. The zero-order valence-corrected chi connectivity index (χ0v) is 16.7. The minimum absolute atomic E-state index is 0.0340. The van der Waals surface area contributed by atoms with Crippen LogP contribution in [0.2, 0.25) is 0 Å². The normalized spacial score (nSPS) is 11.8. The van der Waals surface area contributed by atoms with Crippen molar-refractivity contribution in [2.75, 3.05) is 18.5 Å². The van der Waals surface area contributed by atoms with Crippen LogP contribution >= 0.6 is 15.9 Å². The lowest BCUT2D eigenvalue weighted by atomic mass is 10.1. The van der Waals surface area contributed by atoms with Gasteiger partial charge in [-0.25, -0.2) is 0 Å². The number of amides is 1. The molecule has 3 N–H and O–H groups in total. The Morgan fingerprint density at radius 3 is 2.62 bits per heavy atom. The molecule has 0 aliphatic rings. The Labute approximate surface area is 162 Å². The molecule has 1 unspecified atom stereocenters. The first kappa shape index (κ1) is 20.4. The molecule has 1 atom stereocenters. The average Bonchev–Trinajstić information content (AvgIpc) is 2.64. The molecule has 2 aromatic carbocycles. The lowest BCUT2D eigenvalue weighted by molar-refractivity contribution is -0.118. The largest absolute Gasteiger partial charge is 0.483 e. The molecule has 6 heteroatoms. The van der Waals surface area contributed by atoms with Crippen LogP contribution in [0.1, 0.15) is 24.5 Å². The van der Waals surface area contributed by atoms with E-state index in [2.05, 4.69) is 26.6 Å². The maximum absolute atomic E-state index is 12.1. The lowest BCUT2D eigenvalue weighted by Crippen LogP contribution is -2.31. The molecule has 0 fully saturated rings. The van der Waals surface area contributed by atoms with E-state index in [1.165, 1.54) is 0 Å². The molecule has 0 saturated carbocycles. The molecule has 0 aromatic heterocycles. The fourth-order valence-electron chi connectivity index (χ4n) is 2.40. The Hall–Kier alpha value is -1.89. The number of carbonyl (C=O) groups is 1. The Kier molecular flexibility index (Phi) is 8.09. The summed E-state index contributed by atoms with van der Waals surface area (Å²) in [6, 6.07) is 13.3. The van der Waals surface area contributed by atoms with Crippen LogP contribution in [0.25, 0.3) is 0 Å². The van der Waals surface area contributed by atoms with Gasteiger partial charge in [0.05, 0.1) is 6.61 Å². The first-order valence-electron chi connectivity index (χ1n) is 8.63. The van der Waals surface area contributed by atoms with E-state index in [-0.39, 0.29) is 25.2 Å². The van der Waals surface area contributed by atoms with Crippen LogP contribution in [0.15, 0.2) is 46.9 Å². The SMILES string of the molecule is CCC(CO)NCc1cc(Br)ccc1OCC(=O)Nc1ccc(C)cc1. The van der Waals surface area contributed by atoms with Crippen LogP contribution in [-0.2, 0) is 11.3 Å². The van der Waals surface area contributed by atoms with Crippen LogP contribution in [0.3, 0.4) is 0 Å². The van der Waals surface area contributed by atoms with E-state index < -0.39 is 0 Å². The summed E-state index contributed by atoms with van der Waals surface area (Å²) >= 11 is 3.46. The summed E-state index contributed by atoms with van der Waals surface area (Å²) in [5.41, 5.74) is 2.81. The van der Waals surface area contributed by atoms with Crippen LogP contribution in [0, 0.1) is 6.92 Å². The number of benzene rings is 2. The van der Waals surface area contributed by atoms with Gasteiger partial charge in [-0.05, 0) is 43.7 Å². The van der Waals surface area contributed by atoms with E-state index in [1.807, 2.05) is 56.3 Å².